The number of rotatable bonds is 10. The van der Waals surface area contributed by atoms with Crippen LogP contribution in [0.3, 0.4) is 0 Å². The molecule has 3 rings (SSSR count). The molecular weight excluding hydrogens is 492 g/mol. The van der Waals surface area contributed by atoms with Gasteiger partial charge in [0.05, 0.1) is 24.0 Å². The average molecular weight is 520 g/mol. The van der Waals surface area contributed by atoms with Gasteiger partial charge in [0, 0.05) is 49.6 Å². The first-order valence-electron chi connectivity index (χ1n) is 11.0. The monoisotopic (exact) mass is 519 g/mol. The van der Waals surface area contributed by atoms with E-state index in [1.54, 1.807) is 44.8 Å². The van der Waals surface area contributed by atoms with E-state index in [1.807, 2.05) is 20.8 Å². The molecule has 0 aliphatic rings. The molecule has 0 amide bonds. The molecule has 3 heterocycles. The smallest absolute Gasteiger partial charge is 0.277 e. The average Bonchev–Trinajstić information content (AvgIpc) is 2.81. The summed E-state index contributed by atoms with van der Waals surface area (Å²) >= 11 is 6.32. The fourth-order valence-corrected chi connectivity index (χ4v) is 3.60. The van der Waals surface area contributed by atoms with E-state index in [9.17, 15) is 13.6 Å². The van der Waals surface area contributed by atoms with Crippen molar-refractivity contribution >= 4 is 17.4 Å². The fourth-order valence-electron chi connectivity index (χ4n) is 3.41. The number of ether oxygens (including phenoxy) is 2. The second-order valence-corrected chi connectivity index (χ2v) is 9.15. The van der Waals surface area contributed by atoms with Gasteiger partial charge in [0.1, 0.15) is 34.7 Å². The molecule has 192 valence electrons. The minimum Gasteiger partial charge on any atom is -0.485 e. The third-order valence-electron chi connectivity index (χ3n) is 5.16. The van der Waals surface area contributed by atoms with Crippen LogP contribution in [-0.4, -0.2) is 33.8 Å². The Kier molecular flexibility index (Phi) is 8.65. The molecule has 8 nitrogen and oxygen atoms in total. The number of hydrogen-bond donors (Lipinski definition) is 2. The Bertz CT molecular complexity index is 1330. The summed E-state index contributed by atoms with van der Waals surface area (Å²) in [7, 11) is 1.64. The number of anilines is 1. The highest BCUT2D eigenvalue weighted by molar-refractivity contribution is 6.31. The van der Waals surface area contributed by atoms with Crippen LogP contribution in [-0.2, 0) is 11.3 Å². The molecule has 2 N–H and O–H groups in total. The van der Waals surface area contributed by atoms with Crippen LogP contribution in [0, 0.1) is 25.5 Å². The van der Waals surface area contributed by atoms with Gasteiger partial charge in [-0.05, 0) is 33.3 Å². The van der Waals surface area contributed by atoms with Gasteiger partial charge in [0.25, 0.3) is 5.56 Å². The Morgan fingerprint density at radius 1 is 1.14 bits per heavy atom. The van der Waals surface area contributed by atoms with Crippen molar-refractivity contribution < 1.29 is 18.3 Å². The highest BCUT2D eigenvalue weighted by Gasteiger charge is 2.17. The number of hydrogen-bond acceptors (Lipinski definition) is 7. The lowest BCUT2D eigenvalue weighted by molar-refractivity contribution is 0.136. The molecule has 0 unspecified atom stereocenters. The predicted octanol–water partition coefficient (Wildman–Crippen LogP) is 4.65. The number of nitrogens with zero attached hydrogens (tertiary/aromatic N) is 3. The third-order valence-corrected chi connectivity index (χ3v) is 5.51. The first-order valence-corrected chi connectivity index (χ1v) is 11.4. The van der Waals surface area contributed by atoms with E-state index >= 15 is 0 Å². The maximum Gasteiger partial charge on any atom is 0.277 e. The molecule has 3 aromatic rings. The van der Waals surface area contributed by atoms with Crippen LogP contribution in [0.5, 0.6) is 5.75 Å². The van der Waals surface area contributed by atoms with Crippen molar-refractivity contribution in [2.24, 2.45) is 0 Å². The predicted molar refractivity (Wildman–Crippen MR) is 135 cm³/mol. The summed E-state index contributed by atoms with van der Waals surface area (Å²) < 4.78 is 39.1. The maximum absolute atomic E-state index is 13.9. The van der Waals surface area contributed by atoms with Gasteiger partial charge in [-0.3, -0.25) is 14.3 Å². The van der Waals surface area contributed by atoms with Gasteiger partial charge in [0.2, 0.25) is 0 Å². The first-order chi connectivity index (χ1) is 17.0. The largest absolute Gasteiger partial charge is 0.485 e. The Labute approximate surface area is 212 Å². The number of nitrogens with one attached hydrogen (secondary N) is 2. The van der Waals surface area contributed by atoms with E-state index in [0.717, 1.165) is 11.8 Å². The molecule has 0 atom stereocenters. The van der Waals surface area contributed by atoms with Crippen molar-refractivity contribution in [1.82, 2.24) is 19.9 Å². The topological polar surface area (TPSA) is 90.3 Å². The standard InChI is InChI=1S/C25H28ClF2N5O3/c1-15-11-31-22(29-6-7-32-25(3,4)14-35-5)10-20(15)33-16(2)8-21(23(26)24(33)34)36-13-19-18(28)9-17(27)12-30-19/h6-12,32H,13-14H2,1-5H3,(H,29,31)/b7-6-. The molecular formula is C25H28ClF2N5O3. The summed E-state index contributed by atoms with van der Waals surface area (Å²) in [5.41, 5.74) is 0.987. The number of aromatic nitrogens is 3. The summed E-state index contributed by atoms with van der Waals surface area (Å²) in [6, 6.07) is 4.00. The zero-order valence-corrected chi connectivity index (χ0v) is 21.4. The van der Waals surface area contributed by atoms with Crippen LogP contribution < -0.4 is 20.9 Å². The second kappa shape index (κ2) is 11.5. The Hall–Kier alpha value is -3.50. The molecule has 0 saturated carbocycles. The molecule has 0 bridgehead atoms. The van der Waals surface area contributed by atoms with E-state index in [4.69, 9.17) is 21.1 Å². The lowest BCUT2D eigenvalue weighted by Crippen LogP contribution is -2.40. The van der Waals surface area contributed by atoms with Crippen molar-refractivity contribution in [1.29, 1.82) is 0 Å². The number of halogens is 3. The lowest BCUT2D eigenvalue weighted by Gasteiger charge is -2.23. The quantitative estimate of drug-likeness (QED) is 0.403. The van der Waals surface area contributed by atoms with Crippen LogP contribution in [0.4, 0.5) is 14.6 Å². The number of pyridine rings is 3. The van der Waals surface area contributed by atoms with E-state index in [1.165, 1.54) is 4.57 Å². The summed E-state index contributed by atoms with van der Waals surface area (Å²) in [6.45, 7) is 7.75. The van der Waals surface area contributed by atoms with E-state index in [2.05, 4.69) is 20.6 Å². The number of methoxy groups -OCH3 is 1. The molecule has 0 aliphatic heterocycles. The van der Waals surface area contributed by atoms with E-state index in [-0.39, 0.29) is 28.6 Å². The minimum absolute atomic E-state index is 0.0682. The Morgan fingerprint density at radius 3 is 2.58 bits per heavy atom. The van der Waals surface area contributed by atoms with Gasteiger partial charge >= 0.3 is 0 Å². The van der Waals surface area contributed by atoms with E-state index < -0.39 is 17.2 Å². The van der Waals surface area contributed by atoms with Crippen LogP contribution in [0.15, 0.2) is 47.8 Å². The molecule has 0 aromatic carbocycles. The summed E-state index contributed by atoms with van der Waals surface area (Å²) in [6.07, 6.45) is 5.97. The fraction of sp³-hybridized carbons (Fsp3) is 0.320. The van der Waals surface area contributed by atoms with Crippen molar-refractivity contribution in [3.63, 3.8) is 0 Å². The normalized spacial score (nSPS) is 11.7. The van der Waals surface area contributed by atoms with Crippen molar-refractivity contribution in [2.45, 2.75) is 39.8 Å². The van der Waals surface area contributed by atoms with Gasteiger partial charge in [0.15, 0.2) is 5.82 Å². The first kappa shape index (κ1) is 27.1. The molecule has 11 heteroatoms. The molecule has 0 saturated heterocycles. The van der Waals surface area contributed by atoms with E-state index in [0.29, 0.717) is 29.9 Å². The second-order valence-electron chi connectivity index (χ2n) is 8.77. The summed E-state index contributed by atoms with van der Waals surface area (Å²) in [5, 5.41) is 6.11. The minimum atomic E-state index is -0.852. The highest BCUT2D eigenvalue weighted by Crippen LogP contribution is 2.26. The van der Waals surface area contributed by atoms with Gasteiger partial charge in [-0.1, -0.05) is 11.6 Å². The molecule has 0 radical (unpaired) electrons. The van der Waals surface area contributed by atoms with Crippen molar-refractivity contribution in [3.05, 3.63) is 87.0 Å². The van der Waals surface area contributed by atoms with Crippen molar-refractivity contribution in [3.8, 4) is 11.4 Å². The summed E-state index contributed by atoms with van der Waals surface area (Å²) in [5.74, 6) is -1.07. The Morgan fingerprint density at radius 2 is 1.89 bits per heavy atom. The zero-order chi connectivity index (χ0) is 26.5. The van der Waals surface area contributed by atoms with Crippen LogP contribution in [0.2, 0.25) is 5.02 Å². The van der Waals surface area contributed by atoms with Gasteiger partial charge in [-0.15, -0.1) is 0 Å². The van der Waals surface area contributed by atoms with Gasteiger partial charge in [-0.2, -0.15) is 0 Å². The third kappa shape index (κ3) is 6.58. The molecule has 0 aliphatic carbocycles. The summed E-state index contributed by atoms with van der Waals surface area (Å²) in [4.78, 5) is 21.2. The lowest BCUT2D eigenvalue weighted by atomic mass is 10.1. The van der Waals surface area contributed by atoms with Crippen LogP contribution >= 0.6 is 11.6 Å². The molecule has 36 heavy (non-hydrogen) atoms. The number of aryl methyl sites for hydroxylation is 2. The molecule has 0 spiro atoms. The maximum atomic E-state index is 13.9. The van der Waals surface area contributed by atoms with Gasteiger partial charge in [-0.25, -0.2) is 13.8 Å². The van der Waals surface area contributed by atoms with Gasteiger partial charge < -0.3 is 20.1 Å². The zero-order valence-electron chi connectivity index (χ0n) is 20.7. The highest BCUT2D eigenvalue weighted by atomic mass is 35.5. The SMILES string of the molecule is COCC(C)(C)N/C=C\Nc1cc(-n2c(C)cc(OCc3ncc(F)cc3F)c(Cl)c2=O)c(C)cn1. The van der Waals surface area contributed by atoms with Crippen molar-refractivity contribution in [2.75, 3.05) is 19.0 Å². The Balaban J connectivity index is 1.83. The molecule has 3 aromatic heterocycles. The molecule has 0 fully saturated rings. The van der Waals surface area contributed by atoms with Crippen LogP contribution in [0.25, 0.3) is 5.69 Å². The van der Waals surface area contributed by atoms with Crippen LogP contribution in [0.1, 0.15) is 30.8 Å².